The summed E-state index contributed by atoms with van der Waals surface area (Å²) in [5.74, 6) is 0. The molecule has 3 rings (SSSR count). The molecule has 1 saturated heterocycles. The fourth-order valence-corrected chi connectivity index (χ4v) is 3.49. The second-order valence-corrected chi connectivity index (χ2v) is 6.45. The molecule has 0 aromatic heterocycles. The SMILES string of the molecule is CCCCc1cccc(C(c2ccccc2)N2CCNCC2)c1. The van der Waals surface area contributed by atoms with Gasteiger partial charge in [0.05, 0.1) is 6.04 Å². The van der Waals surface area contributed by atoms with E-state index in [1.165, 1.54) is 36.0 Å². The maximum Gasteiger partial charge on any atom is 0.0602 e. The molecule has 0 radical (unpaired) electrons. The highest BCUT2D eigenvalue weighted by Gasteiger charge is 2.23. The number of nitrogens with one attached hydrogen (secondary N) is 1. The van der Waals surface area contributed by atoms with Gasteiger partial charge in [-0.2, -0.15) is 0 Å². The third kappa shape index (κ3) is 4.21. The molecule has 23 heavy (non-hydrogen) atoms. The summed E-state index contributed by atoms with van der Waals surface area (Å²) in [6, 6.07) is 20.6. The van der Waals surface area contributed by atoms with Crippen molar-refractivity contribution < 1.29 is 0 Å². The highest BCUT2D eigenvalue weighted by atomic mass is 15.2. The van der Waals surface area contributed by atoms with Crippen molar-refractivity contribution in [2.75, 3.05) is 26.2 Å². The summed E-state index contributed by atoms with van der Waals surface area (Å²) in [4.78, 5) is 2.62. The molecular weight excluding hydrogens is 280 g/mol. The van der Waals surface area contributed by atoms with Gasteiger partial charge in [0.2, 0.25) is 0 Å². The molecule has 2 aromatic carbocycles. The molecule has 1 aliphatic heterocycles. The second kappa shape index (κ2) is 8.28. The quantitative estimate of drug-likeness (QED) is 0.867. The molecule has 0 bridgehead atoms. The van der Waals surface area contributed by atoms with E-state index in [9.17, 15) is 0 Å². The smallest absolute Gasteiger partial charge is 0.0602 e. The van der Waals surface area contributed by atoms with Crippen LogP contribution in [0.15, 0.2) is 54.6 Å². The number of piperazine rings is 1. The van der Waals surface area contributed by atoms with E-state index in [0.717, 1.165) is 26.2 Å². The van der Waals surface area contributed by atoms with E-state index in [-0.39, 0.29) is 0 Å². The largest absolute Gasteiger partial charge is 0.314 e. The normalized spacial score (nSPS) is 17.1. The van der Waals surface area contributed by atoms with E-state index in [1.54, 1.807) is 0 Å². The Morgan fingerprint density at radius 3 is 2.43 bits per heavy atom. The molecule has 0 spiro atoms. The maximum atomic E-state index is 3.47. The van der Waals surface area contributed by atoms with Gasteiger partial charge in [0.25, 0.3) is 0 Å². The van der Waals surface area contributed by atoms with E-state index in [2.05, 4.69) is 71.7 Å². The Labute approximate surface area is 140 Å². The number of unbranched alkanes of at least 4 members (excludes halogenated alkanes) is 1. The predicted molar refractivity (Wildman–Crippen MR) is 97.8 cm³/mol. The fraction of sp³-hybridized carbons (Fsp3) is 0.429. The zero-order valence-corrected chi connectivity index (χ0v) is 14.2. The Morgan fingerprint density at radius 2 is 1.70 bits per heavy atom. The zero-order chi connectivity index (χ0) is 15.9. The van der Waals surface area contributed by atoms with Crippen molar-refractivity contribution in [2.24, 2.45) is 0 Å². The Bertz CT molecular complexity index is 588. The zero-order valence-electron chi connectivity index (χ0n) is 14.2. The van der Waals surface area contributed by atoms with Gasteiger partial charge in [-0.1, -0.05) is 67.9 Å². The molecule has 1 unspecified atom stereocenters. The van der Waals surface area contributed by atoms with Gasteiger partial charge in [0.15, 0.2) is 0 Å². The van der Waals surface area contributed by atoms with Crippen LogP contribution in [-0.2, 0) is 6.42 Å². The molecule has 0 amide bonds. The lowest BCUT2D eigenvalue weighted by molar-refractivity contribution is 0.198. The summed E-state index contributed by atoms with van der Waals surface area (Å²) >= 11 is 0. The van der Waals surface area contributed by atoms with Crippen LogP contribution in [0.4, 0.5) is 0 Å². The maximum absolute atomic E-state index is 3.47. The van der Waals surface area contributed by atoms with E-state index in [1.807, 2.05) is 0 Å². The van der Waals surface area contributed by atoms with E-state index in [4.69, 9.17) is 0 Å². The van der Waals surface area contributed by atoms with Gasteiger partial charge in [-0.15, -0.1) is 0 Å². The summed E-state index contributed by atoms with van der Waals surface area (Å²) in [6.07, 6.45) is 3.71. The van der Waals surface area contributed by atoms with Crippen molar-refractivity contribution in [1.82, 2.24) is 10.2 Å². The first-order valence-corrected chi connectivity index (χ1v) is 8.97. The molecule has 1 fully saturated rings. The van der Waals surface area contributed by atoms with Crippen LogP contribution in [0.5, 0.6) is 0 Å². The van der Waals surface area contributed by atoms with Gasteiger partial charge in [0.1, 0.15) is 0 Å². The minimum atomic E-state index is 0.375. The second-order valence-electron chi connectivity index (χ2n) is 6.45. The van der Waals surface area contributed by atoms with Crippen LogP contribution in [-0.4, -0.2) is 31.1 Å². The van der Waals surface area contributed by atoms with Crippen LogP contribution in [0.25, 0.3) is 0 Å². The number of nitrogens with zero attached hydrogens (tertiary/aromatic N) is 1. The van der Waals surface area contributed by atoms with E-state index >= 15 is 0 Å². The molecule has 2 aromatic rings. The molecule has 122 valence electrons. The minimum absolute atomic E-state index is 0.375. The van der Waals surface area contributed by atoms with Crippen molar-refractivity contribution in [3.63, 3.8) is 0 Å². The van der Waals surface area contributed by atoms with Crippen LogP contribution in [0, 0.1) is 0 Å². The van der Waals surface area contributed by atoms with Gasteiger partial charge in [-0.3, -0.25) is 4.90 Å². The number of benzene rings is 2. The van der Waals surface area contributed by atoms with Crippen LogP contribution >= 0.6 is 0 Å². The fourth-order valence-electron chi connectivity index (χ4n) is 3.49. The Kier molecular flexibility index (Phi) is 5.84. The van der Waals surface area contributed by atoms with Crippen molar-refractivity contribution >= 4 is 0 Å². The third-order valence-corrected chi connectivity index (χ3v) is 4.72. The average Bonchev–Trinajstić information content (AvgIpc) is 2.62. The molecule has 1 N–H and O–H groups in total. The molecule has 1 aliphatic rings. The minimum Gasteiger partial charge on any atom is -0.314 e. The molecule has 0 saturated carbocycles. The third-order valence-electron chi connectivity index (χ3n) is 4.72. The number of hydrogen-bond acceptors (Lipinski definition) is 2. The number of rotatable bonds is 6. The standard InChI is InChI=1S/C21H28N2/c1-2-3-8-18-9-7-12-20(17-18)21(19-10-5-4-6-11-19)23-15-13-22-14-16-23/h4-7,9-12,17,21-22H,2-3,8,13-16H2,1H3. The average molecular weight is 308 g/mol. The van der Waals surface area contributed by atoms with Crippen molar-refractivity contribution in [2.45, 2.75) is 32.2 Å². The van der Waals surface area contributed by atoms with E-state index in [0.29, 0.717) is 6.04 Å². The van der Waals surface area contributed by atoms with Crippen LogP contribution < -0.4 is 5.32 Å². The molecule has 1 heterocycles. The molecule has 2 heteroatoms. The first-order chi connectivity index (χ1) is 11.4. The lowest BCUT2D eigenvalue weighted by Crippen LogP contribution is -2.45. The lowest BCUT2D eigenvalue weighted by Gasteiger charge is -2.35. The summed E-state index contributed by atoms with van der Waals surface area (Å²) in [5, 5.41) is 3.47. The number of aryl methyl sites for hydroxylation is 1. The summed E-state index contributed by atoms with van der Waals surface area (Å²) in [7, 11) is 0. The van der Waals surface area contributed by atoms with Crippen molar-refractivity contribution in [3.05, 3.63) is 71.3 Å². The first kappa shape index (κ1) is 16.2. The Balaban J connectivity index is 1.91. The highest BCUT2D eigenvalue weighted by molar-refractivity contribution is 5.34. The summed E-state index contributed by atoms with van der Waals surface area (Å²) in [6.45, 7) is 6.65. The van der Waals surface area contributed by atoms with Crippen molar-refractivity contribution in [3.8, 4) is 0 Å². The topological polar surface area (TPSA) is 15.3 Å². The van der Waals surface area contributed by atoms with Crippen LogP contribution in [0.2, 0.25) is 0 Å². The van der Waals surface area contributed by atoms with Gasteiger partial charge < -0.3 is 5.32 Å². The summed E-state index contributed by atoms with van der Waals surface area (Å²) in [5.41, 5.74) is 4.31. The van der Waals surface area contributed by atoms with Crippen LogP contribution in [0.3, 0.4) is 0 Å². The molecule has 0 aliphatic carbocycles. The monoisotopic (exact) mass is 308 g/mol. The molecule has 1 atom stereocenters. The van der Waals surface area contributed by atoms with E-state index < -0.39 is 0 Å². The first-order valence-electron chi connectivity index (χ1n) is 8.97. The van der Waals surface area contributed by atoms with Gasteiger partial charge in [-0.25, -0.2) is 0 Å². The van der Waals surface area contributed by atoms with Gasteiger partial charge >= 0.3 is 0 Å². The molecular formula is C21H28N2. The highest BCUT2D eigenvalue weighted by Crippen LogP contribution is 2.29. The van der Waals surface area contributed by atoms with Crippen molar-refractivity contribution in [1.29, 1.82) is 0 Å². The predicted octanol–water partition coefficient (Wildman–Crippen LogP) is 4.02. The summed E-state index contributed by atoms with van der Waals surface area (Å²) < 4.78 is 0. The Hall–Kier alpha value is -1.64. The van der Waals surface area contributed by atoms with Crippen LogP contribution in [0.1, 0.15) is 42.5 Å². The molecule has 2 nitrogen and oxygen atoms in total. The Morgan fingerprint density at radius 1 is 0.957 bits per heavy atom. The van der Waals surface area contributed by atoms with Gasteiger partial charge in [-0.05, 0) is 29.5 Å². The number of hydrogen-bond donors (Lipinski definition) is 1. The van der Waals surface area contributed by atoms with Gasteiger partial charge in [0, 0.05) is 26.2 Å². The lowest BCUT2D eigenvalue weighted by atomic mass is 9.94.